The Morgan fingerprint density at radius 2 is 1.89 bits per heavy atom. The van der Waals surface area contributed by atoms with Gasteiger partial charge in [-0.05, 0) is 35.4 Å². The highest BCUT2D eigenvalue weighted by atomic mass is 19.1. The number of nitrogens with zero attached hydrogens (tertiary/aromatic N) is 2. The molecular formula is C22H18FN3O2. The highest BCUT2D eigenvalue weighted by molar-refractivity contribution is 5.87. The molecule has 1 unspecified atom stereocenters. The Balaban J connectivity index is 1.56. The SMILES string of the molecule is CC(NC(=O)Cn1cnc2cc(F)ccc2c1=O)c1cccc2ccccc12. The predicted molar refractivity (Wildman–Crippen MR) is 106 cm³/mol. The van der Waals surface area contributed by atoms with Gasteiger partial charge < -0.3 is 5.32 Å². The maximum Gasteiger partial charge on any atom is 0.261 e. The summed E-state index contributed by atoms with van der Waals surface area (Å²) in [6, 6.07) is 17.5. The summed E-state index contributed by atoms with van der Waals surface area (Å²) in [6.45, 7) is 1.75. The smallest absolute Gasteiger partial charge is 0.261 e. The van der Waals surface area contributed by atoms with E-state index in [2.05, 4.69) is 10.3 Å². The molecule has 1 heterocycles. The molecule has 4 rings (SSSR count). The van der Waals surface area contributed by atoms with E-state index in [1.54, 1.807) is 0 Å². The van der Waals surface area contributed by atoms with Crippen LogP contribution in [-0.2, 0) is 11.3 Å². The summed E-state index contributed by atoms with van der Waals surface area (Å²) in [6.07, 6.45) is 1.27. The maximum absolute atomic E-state index is 13.3. The van der Waals surface area contributed by atoms with Crippen LogP contribution in [0.1, 0.15) is 18.5 Å². The Hall–Kier alpha value is -3.54. The molecule has 1 aromatic heterocycles. The van der Waals surface area contributed by atoms with Gasteiger partial charge in [0.1, 0.15) is 12.4 Å². The van der Waals surface area contributed by atoms with Crippen molar-refractivity contribution in [3.63, 3.8) is 0 Å². The van der Waals surface area contributed by atoms with Crippen molar-refractivity contribution >= 4 is 27.6 Å². The van der Waals surface area contributed by atoms with E-state index in [1.807, 2.05) is 49.4 Å². The Bertz CT molecular complexity index is 1240. The topological polar surface area (TPSA) is 64.0 Å². The number of carbonyl (C=O) groups is 1. The van der Waals surface area contributed by atoms with Gasteiger partial charge in [0.15, 0.2) is 0 Å². The van der Waals surface area contributed by atoms with E-state index in [4.69, 9.17) is 0 Å². The van der Waals surface area contributed by atoms with Crippen LogP contribution >= 0.6 is 0 Å². The van der Waals surface area contributed by atoms with Crippen LogP contribution in [0.2, 0.25) is 0 Å². The lowest BCUT2D eigenvalue weighted by Crippen LogP contribution is -2.34. The van der Waals surface area contributed by atoms with E-state index in [0.29, 0.717) is 0 Å². The minimum atomic E-state index is -0.459. The Labute approximate surface area is 160 Å². The van der Waals surface area contributed by atoms with Gasteiger partial charge in [-0.25, -0.2) is 9.37 Å². The van der Waals surface area contributed by atoms with Crippen molar-refractivity contribution in [3.05, 3.63) is 88.7 Å². The monoisotopic (exact) mass is 375 g/mol. The molecule has 0 saturated heterocycles. The zero-order valence-electron chi connectivity index (χ0n) is 15.2. The van der Waals surface area contributed by atoms with Crippen molar-refractivity contribution in [1.82, 2.24) is 14.9 Å². The van der Waals surface area contributed by atoms with Crippen molar-refractivity contribution < 1.29 is 9.18 Å². The molecule has 6 heteroatoms. The van der Waals surface area contributed by atoms with Gasteiger partial charge >= 0.3 is 0 Å². The molecular weight excluding hydrogens is 357 g/mol. The van der Waals surface area contributed by atoms with Crippen molar-refractivity contribution in [1.29, 1.82) is 0 Å². The lowest BCUT2D eigenvalue weighted by molar-refractivity contribution is -0.122. The molecule has 0 saturated carbocycles. The fraction of sp³-hybridized carbons (Fsp3) is 0.136. The minimum Gasteiger partial charge on any atom is -0.348 e. The Kier molecular flexibility index (Phi) is 4.61. The third-order valence-electron chi connectivity index (χ3n) is 4.77. The number of nitrogens with one attached hydrogen (secondary N) is 1. The molecule has 140 valence electrons. The Morgan fingerprint density at radius 1 is 1.11 bits per heavy atom. The molecule has 0 aliphatic heterocycles. The van der Waals surface area contributed by atoms with Crippen LogP contribution in [0.5, 0.6) is 0 Å². The summed E-state index contributed by atoms with van der Waals surface area (Å²) in [5, 5.41) is 5.39. The number of hydrogen-bond acceptors (Lipinski definition) is 3. The van der Waals surface area contributed by atoms with Crippen LogP contribution in [0.4, 0.5) is 4.39 Å². The second kappa shape index (κ2) is 7.23. The minimum absolute atomic E-state index is 0.158. The summed E-state index contributed by atoms with van der Waals surface area (Å²) < 4.78 is 14.5. The molecule has 0 radical (unpaired) electrons. The number of aromatic nitrogens is 2. The fourth-order valence-corrected chi connectivity index (χ4v) is 3.39. The highest BCUT2D eigenvalue weighted by Crippen LogP contribution is 2.24. The third-order valence-corrected chi connectivity index (χ3v) is 4.77. The van der Waals surface area contributed by atoms with Crippen molar-refractivity contribution in [2.24, 2.45) is 0 Å². The van der Waals surface area contributed by atoms with E-state index in [-0.39, 0.29) is 35.0 Å². The van der Waals surface area contributed by atoms with Gasteiger partial charge in [-0.1, -0.05) is 42.5 Å². The number of carbonyl (C=O) groups excluding carboxylic acids is 1. The van der Waals surface area contributed by atoms with E-state index in [0.717, 1.165) is 16.3 Å². The van der Waals surface area contributed by atoms with Gasteiger partial charge in [0, 0.05) is 6.07 Å². The van der Waals surface area contributed by atoms with Crippen LogP contribution < -0.4 is 10.9 Å². The second-order valence-electron chi connectivity index (χ2n) is 6.70. The fourth-order valence-electron chi connectivity index (χ4n) is 3.39. The normalized spacial score (nSPS) is 12.2. The van der Waals surface area contributed by atoms with E-state index in [9.17, 15) is 14.0 Å². The number of amides is 1. The van der Waals surface area contributed by atoms with Gasteiger partial charge in [0.05, 0.1) is 23.3 Å². The molecule has 0 aliphatic carbocycles. The first-order valence-corrected chi connectivity index (χ1v) is 8.94. The molecule has 0 aliphatic rings. The molecule has 3 aromatic carbocycles. The molecule has 1 N–H and O–H groups in total. The first-order valence-electron chi connectivity index (χ1n) is 8.94. The van der Waals surface area contributed by atoms with Crippen LogP contribution in [0, 0.1) is 5.82 Å². The molecule has 28 heavy (non-hydrogen) atoms. The Morgan fingerprint density at radius 3 is 2.75 bits per heavy atom. The van der Waals surface area contributed by atoms with E-state index in [1.165, 1.54) is 29.1 Å². The average Bonchev–Trinajstić information content (AvgIpc) is 2.69. The van der Waals surface area contributed by atoms with Crippen molar-refractivity contribution in [2.45, 2.75) is 19.5 Å². The van der Waals surface area contributed by atoms with Crippen LogP contribution in [0.15, 0.2) is 71.8 Å². The first kappa shape index (κ1) is 17.9. The summed E-state index contributed by atoms with van der Waals surface area (Å²) in [5.74, 6) is -0.760. The number of hydrogen-bond donors (Lipinski definition) is 1. The zero-order chi connectivity index (χ0) is 19.7. The molecule has 4 aromatic rings. The zero-order valence-corrected chi connectivity index (χ0v) is 15.2. The van der Waals surface area contributed by atoms with Crippen LogP contribution in [0.3, 0.4) is 0 Å². The summed E-state index contributed by atoms with van der Waals surface area (Å²) in [5.41, 5.74) is 0.898. The summed E-state index contributed by atoms with van der Waals surface area (Å²) >= 11 is 0. The second-order valence-corrected chi connectivity index (χ2v) is 6.70. The molecule has 1 amide bonds. The van der Waals surface area contributed by atoms with Gasteiger partial charge in [-0.15, -0.1) is 0 Å². The van der Waals surface area contributed by atoms with E-state index >= 15 is 0 Å². The van der Waals surface area contributed by atoms with Gasteiger partial charge in [0.2, 0.25) is 5.91 Å². The van der Waals surface area contributed by atoms with Crippen LogP contribution in [0.25, 0.3) is 21.7 Å². The summed E-state index contributed by atoms with van der Waals surface area (Å²) in [7, 11) is 0. The molecule has 0 spiro atoms. The molecule has 0 bridgehead atoms. The first-order chi connectivity index (χ1) is 13.5. The predicted octanol–water partition coefficient (Wildman–Crippen LogP) is 3.57. The summed E-state index contributed by atoms with van der Waals surface area (Å²) in [4.78, 5) is 29.1. The average molecular weight is 375 g/mol. The largest absolute Gasteiger partial charge is 0.348 e. The number of benzene rings is 3. The maximum atomic E-state index is 13.3. The lowest BCUT2D eigenvalue weighted by Gasteiger charge is -2.17. The number of fused-ring (bicyclic) bond motifs is 2. The molecule has 1 atom stereocenters. The third kappa shape index (κ3) is 3.36. The van der Waals surface area contributed by atoms with Gasteiger partial charge in [0.25, 0.3) is 5.56 Å². The van der Waals surface area contributed by atoms with Gasteiger partial charge in [-0.2, -0.15) is 0 Å². The lowest BCUT2D eigenvalue weighted by atomic mass is 10.00. The molecule has 0 fully saturated rings. The number of halogens is 1. The van der Waals surface area contributed by atoms with Crippen LogP contribution in [-0.4, -0.2) is 15.5 Å². The van der Waals surface area contributed by atoms with Crippen molar-refractivity contribution in [3.8, 4) is 0 Å². The van der Waals surface area contributed by atoms with Crippen molar-refractivity contribution in [2.75, 3.05) is 0 Å². The van der Waals surface area contributed by atoms with E-state index < -0.39 is 5.82 Å². The van der Waals surface area contributed by atoms with Gasteiger partial charge in [-0.3, -0.25) is 14.2 Å². The molecule has 5 nitrogen and oxygen atoms in total. The highest BCUT2D eigenvalue weighted by Gasteiger charge is 2.14. The quantitative estimate of drug-likeness (QED) is 0.593. The standard InChI is InChI=1S/C22H18FN3O2/c1-14(17-8-4-6-15-5-2-3-7-18(15)17)25-21(27)12-26-13-24-20-11-16(23)9-10-19(20)22(26)28/h2-11,13-14H,12H2,1H3,(H,25,27). The number of rotatable bonds is 4.